The lowest BCUT2D eigenvalue weighted by molar-refractivity contribution is 0.590. The Morgan fingerprint density at radius 3 is 1.51 bits per heavy atom. The molecule has 242 valence electrons. The highest BCUT2D eigenvalue weighted by Gasteiger charge is 2.24. The monoisotopic (exact) mass is 635 g/mol. The van der Waals surface area contributed by atoms with Crippen LogP contribution < -0.4 is 4.90 Å². The fourth-order valence-corrected chi connectivity index (χ4v) is 7.37. The lowest BCUT2D eigenvalue weighted by Crippen LogP contribution is -2.10. The first-order valence-corrected chi connectivity index (χ1v) is 17.8. The number of nitrogens with zero attached hydrogens (tertiary/aromatic N) is 1. The van der Waals surface area contributed by atoms with Crippen molar-refractivity contribution in [3.63, 3.8) is 0 Å². The highest BCUT2D eigenvalue weighted by Crippen LogP contribution is 2.51. The molecule has 0 N–H and O–H groups in total. The largest absolute Gasteiger partial charge is 0.310 e. The smallest absolute Gasteiger partial charge is 0.0468 e. The molecule has 0 aromatic heterocycles. The summed E-state index contributed by atoms with van der Waals surface area (Å²) in [5.41, 5.74) is 15.7. The van der Waals surface area contributed by atoms with Crippen LogP contribution in [-0.4, -0.2) is 0 Å². The molecular weight excluding hydrogens is 591 g/mol. The first kappa shape index (κ1) is 31.1. The van der Waals surface area contributed by atoms with Gasteiger partial charge >= 0.3 is 0 Å². The first-order chi connectivity index (χ1) is 23.5. The van der Waals surface area contributed by atoms with Crippen LogP contribution in [0, 0.1) is 0 Å². The number of rotatable bonds is 6. The molecule has 49 heavy (non-hydrogen) atoms. The average Bonchev–Trinajstić information content (AvgIpc) is 3.10. The minimum absolute atomic E-state index is 0.155. The average molecular weight is 636 g/mol. The van der Waals surface area contributed by atoms with Gasteiger partial charge in [0.15, 0.2) is 0 Å². The third-order valence-corrected chi connectivity index (χ3v) is 10.5. The Kier molecular flexibility index (Phi) is 7.49. The minimum atomic E-state index is 0.155. The molecule has 0 fully saturated rings. The van der Waals surface area contributed by atoms with Gasteiger partial charge in [-0.3, -0.25) is 0 Å². The van der Waals surface area contributed by atoms with Gasteiger partial charge < -0.3 is 4.90 Å². The fourth-order valence-electron chi connectivity index (χ4n) is 7.37. The van der Waals surface area contributed by atoms with Gasteiger partial charge in [0.1, 0.15) is 0 Å². The Morgan fingerprint density at radius 2 is 0.918 bits per heavy atom. The van der Waals surface area contributed by atoms with Crippen molar-refractivity contribution in [2.45, 2.75) is 65.7 Å². The topological polar surface area (TPSA) is 3.24 Å². The fraction of sp³-hybridized carbons (Fsp3) is 0.208. The van der Waals surface area contributed by atoms with Gasteiger partial charge in [-0.2, -0.15) is 0 Å². The molecule has 7 aromatic carbocycles. The van der Waals surface area contributed by atoms with Crippen molar-refractivity contribution in [1.29, 1.82) is 0 Å². The van der Waals surface area contributed by atoms with E-state index in [0.29, 0.717) is 11.8 Å². The zero-order valence-corrected chi connectivity index (χ0v) is 29.8. The Bertz CT molecular complexity index is 2350. The minimum Gasteiger partial charge on any atom is -0.310 e. The van der Waals surface area contributed by atoms with Gasteiger partial charge in [-0.05, 0) is 156 Å². The van der Waals surface area contributed by atoms with E-state index in [1.165, 1.54) is 88.7 Å². The van der Waals surface area contributed by atoms with Crippen LogP contribution in [0.25, 0.3) is 54.9 Å². The Balaban J connectivity index is 1.17. The lowest BCUT2D eigenvalue weighted by Gasteiger charge is -2.28. The van der Waals surface area contributed by atoms with Crippen LogP contribution in [0.3, 0.4) is 0 Å². The van der Waals surface area contributed by atoms with Crippen LogP contribution in [0.2, 0.25) is 0 Å². The summed E-state index contributed by atoms with van der Waals surface area (Å²) >= 11 is 0. The van der Waals surface area contributed by atoms with Crippen LogP contribution >= 0.6 is 0 Å². The molecule has 0 unspecified atom stereocenters. The molecule has 0 radical (unpaired) electrons. The van der Waals surface area contributed by atoms with Gasteiger partial charge in [-0.1, -0.05) is 115 Å². The molecule has 1 nitrogen and oxygen atoms in total. The SMILES string of the molecule is CC(C)c1ccc(N(c2cccc(C(C)C)c2)c2ccc3cc4c(cc3c2)-c2cc3ccc(-c5ccc(C(C)(C)C)cc5)cc3cc2-4)cc1. The molecule has 0 amide bonds. The predicted octanol–water partition coefficient (Wildman–Crippen LogP) is 14.3. The molecule has 0 saturated heterocycles. The number of fused-ring (bicyclic) bond motifs is 6. The molecule has 0 saturated carbocycles. The summed E-state index contributed by atoms with van der Waals surface area (Å²) in [7, 11) is 0. The molecule has 7 aromatic rings. The van der Waals surface area contributed by atoms with Crippen molar-refractivity contribution in [3.8, 4) is 33.4 Å². The number of hydrogen-bond donors (Lipinski definition) is 0. The van der Waals surface area contributed by atoms with E-state index in [1.54, 1.807) is 0 Å². The van der Waals surface area contributed by atoms with Crippen molar-refractivity contribution < 1.29 is 0 Å². The summed E-state index contributed by atoms with van der Waals surface area (Å²) < 4.78 is 0. The highest BCUT2D eigenvalue weighted by molar-refractivity contribution is 6.12. The molecule has 0 heterocycles. The van der Waals surface area contributed by atoms with Crippen LogP contribution in [0.5, 0.6) is 0 Å². The van der Waals surface area contributed by atoms with Gasteiger partial charge in [0.05, 0.1) is 0 Å². The van der Waals surface area contributed by atoms with E-state index < -0.39 is 0 Å². The Labute approximate surface area is 291 Å². The van der Waals surface area contributed by atoms with Crippen LogP contribution in [-0.2, 0) is 5.41 Å². The van der Waals surface area contributed by atoms with Crippen LogP contribution in [0.4, 0.5) is 17.1 Å². The van der Waals surface area contributed by atoms with Crippen molar-refractivity contribution in [2.75, 3.05) is 4.90 Å². The Hall–Kier alpha value is -5.14. The number of anilines is 3. The van der Waals surface area contributed by atoms with Crippen molar-refractivity contribution in [3.05, 3.63) is 150 Å². The lowest BCUT2D eigenvalue weighted by atomic mass is 9.77. The van der Waals surface area contributed by atoms with E-state index in [9.17, 15) is 0 Å². The van der Waals surface area contributed by atoms with Crippen molar-refractivity contribution in [2.24, 2.45) is 0 Å². The van der Waals surface area contributed by atoms with E-state index in [1.807, 2.05) is 0 Å². The maximum Gasteiger partial charge on any atom is 0.0468 e. The molecule has 0 bridgehead atoms. The first-order valence-electron chi connectivity index (χ1n) is 17.8. The molecule has 1 heteroatoms. The maximum atomic E-state index is 2.41. The molecule has 0 atom stereocenters. The third-order valence-electron chi connectivity index (χ3n) is 10.5. The summed E-state index contributed by atoms with van der Waals surface area (Å²) in [6, 6.07) is 50.6. The van der Waals surface area contributed by atoms with Crippen molar-refractivity contribution in [1.82, 2.24) is 0 Å². The summed E-state index contributed by atoms with van der Waals surface area (Å²) in [4.78, 5) is 2.41. The molecule has 0 aliphatic heterocycles. The quantitative estimate of drug-likeness (QED) is 0.176. The molecule has 1 aliphatic carbocycles. The second-order valence-electron chi connectivity index (χ2n) is 15.5. The summed E-state index contributed by atoms with van der Waals surface area (Å²) in [6.45, 7) is 15.8. The van der Waals surface area contributed by atoms with Crippen molar-refractivity contribution >= 4 is 38.6 Å². The summed E-state index contributed by atoms with van der Waals surface area (Å²) in [5.74, 6) is 0.960. The highest BCUT2D eigenvalue weighted by atomic mass is 15.1. The van der Waals surface area contributed by atoms with E-state index in [-0.39, 0.29) is 5.41 Å². The Morgan fingerprint density at radius 1 is 0.408 bits per heavy atom. The zero-order chi connectivity index (χ0) is 34.0. The molecule has 0 spiro atoms. The van der Waals surface area contributed by atoms with Gasteiger partial charge in [0.25, 0.3) is 0 Å². The number of hydrogen-bond acceptors (Lipinski definition) is 1. The van der Waals surface area contributed by atoms with Gasteiger partial charge in [0, 0.05) is 17.1 Å². The molecule has 1 aliphatic rings. The second-order valence-corrected chi connectivity index (χ2v) is 15.5. The molecule has 8 rings (SSSR count). The molecular formula is C48H45N. The second kappa shape index (κ2) is 11.8. The normalized spacial score (nSPS) is 12.3. The van der Waals surface area contributed by atoms with E-state index >= 15 is 0 Å². The zero-order valence-electron chi connectivity index (χ0n) is 29.8. The van der Waals surface area contributed by atoms with E-state index in [0.717, 1.165) is 0 Å². The van der Waals surface area contributed by atoms with Gasteiger partial charge in [0.2, 0.25) is 0 Å². The van der Waals surface area contributed by atoms with Gasteiger partial charge in [-0.25, -0.2) is 0 Å². The summed E-state index contributed by atoms with van der Waals surface area (Å²) in [6.07, 6.45) is 0. The van der Waals surface area contributed by atoms with E-state index in [4.69, 9.17) is 0 Å². The predicted molar refractivity (Wildman–Crippen MR) is 213 cm³/mol. The third kappa shape index (κ3) is 5.62. The van der Waals surface area contributed by atoms with Crippen LogP contribution in [0.1, 0.15) is 77.0 Å². The number of benzene rings is 7. The summed E-state index contributed by atoms with van der Waals surface area (Å²) in [5, 5.41) is 5.11. The van der Waals surface area contributed by atoms with Crippen LogP contribution in [0.15, 0.2) is 133 Å². The standard InChI is InChI=1S/C48H45N/c1-30(2)32-15-20-41(21-16-32)49(42-10-8-9-34(24-42)31(3)4)43-22-17-37-27-45-46-28-38-23-35(33-13-18-40(19-14-33)48(5,6)7)11-12-36(38)26-44(46)47(45)29-39(37)25-43/h8-31H,1-7H3. The van der Waals surface area contributed by atoms with Gasteiger partial charge in [-0.15, -0.1) is 0 Å². The maximum absolute atomic E-state index is 2.41. The van der Waals surface area contributed by atoms with E-state index in [2.05, 4.69) is 187 Å².